The van der Waals surface area contributed by atoms with Crippen LogP contribution in [0.2, 0.25) is 0 Å². The van der Waals surface area contributed by atoms with Crippen LogP contribution >= 0.6 is 0 Å². The Balaban J connectivity index is 1.73. The SMILES string of the molecule is CC(C)(C)NC(=O)[C@@H]1[C@H]2C[C@]3(Oc4ccccc42)N1c1ccccc1C3(C)C. The molecule has 0 aromatic heterocycles. The molecule has 0 aliphatic carbocycles. The molecule has 2 aromatic rings. The largest absolute Gasteiger partial charge is 0.467 e. The number of hydrogen-bond acceptors (Lipinski definition) is 3. The smallest absolute Gasteiger partial charge is 0.243 e. The van der Waals surface area contributed by atoms with Crippen LogP contribution in [0.3, 0.4) is 0 Å². The summed E-state index contributed by atoms with van der Waals surface area (Å²) in [5.41, 5.74) is 2.46. The number of nitrogens with one attached hydrogen (secondary N) is 1. The van der Waals surface area contributed by atoms with Gasteiger partial charge in [-0.3, -0.25) is 4.79 Å². The first-order valence-electron chi connectivity index (χ1n) is 10.1. The van der Waals surface area contributed by atoms with Crippen LogP contribution in [0.15, 0.2) is 48.5 Å². The van der Waals surface area contributed by atoms with Crippen LogP contribution in [0.5, 0.6) is 5.75 Å². The summed E-state index contributed by atoms with van der Waals surface area (Å²) in [7, 11) is 0. The lowest BCUT2D eigenvalue weighted by Crippen LogP contribution is -2.60. The van der Waals surface area contributed by atoms with Gasteiger partial charge in [0.2, 0.25) is 5.91 Å². The molecule has 3 atom stereocenters. The first-order valence-corrected chi connectivity index (χ1v) is 10.1. The van der Waals surface area contributed by atoms with Crippen molar-refractivity contribution in [2.24, 2.45) is 0 Å². The molecular formula is C24H28N2O2. The lowest BCUT2D eigenvalue weighted by atomic mass is 9.73. The van der Waals surface area contributed by atoms with E-state index >= 15 is 0 Å². The summed E-state index contributed by atoms with van der Waals surface area (Å²) in [4.78, 5) is 15.9. The van der Waals surface area contributed by atoms with E-state index in [1.807, 2.05) is 39.0 Å². The quantitative estimate of drug-likeness (QED) is 0.805. The minimum absolute atomic E-state index is 0.0761. The number of para-hydroxylation sites is 2. The number of carbonyl (C=O) groups is 1. The number of anilines is 1. The van der Waals surface area contributed by atoms with Crippen LogP contribution in [-0.4, -0.2) is 23.2 Å². The lowest BCUT2D eigenvalue weighted by Gasteiger charge is -2.45. The van der Waals surface area contributed by atoms with E-state index in [2.05, 4.69) is 54.4 Å². The van der Waals surface area contributed by atoms with Gasteiger partial charge in [0.05, 0.1) is 5.41 Å². The highest BCUT2D eigenvalue weighted by molar-refractivity contribution is 5.91. The number of amides is 1. The molecule has 146 valence electrons. The van der Waals surface area contributed by atoms with Crippen molar-refractivity contribution in [3.63, 3.8) is 0 Å². The maximum absolute atomic E-state index is 13.6. The minimum atomic E-state index is -0.546. The van der Waals surface area contributed by atoms with E-state index in [1.54, 1.807) is 0 Å². The number of fused-ring (bicyclic) bond motifs is 5. The summed E-state index contributed by atoms with van der Waals surface area (Å²) in [6.45, 7) is 10.6. The number of nitrogens with zero attached hydrogens (tertiary/aromatic N) is 1. The van der Waals surface area contributed by atoms with Crippen LogP contribution in [0, 0.1) is 0 Å². The molecule has 3 aliphatic heterocycles. The molecule has 1 fully saturated rings. The normalized spacial score (nSPS) is 28.8. The van der Waals surface area contributed by atoms with Crippen molar-refractivity contribution >= 4 is 11.6 Å². The number of carbonyl (C=O) groups excluding carboxylic acids is 1. The Morgan fingerprint density at radius 2 is 1.79 bits per heavy atom. The van der Waals surface area contributed by atoms with Crippen LogP contribution < -0.4 is 15.0 Å². The van der Waals surface area contributed by atoms with Crippen LogP contribution in [0.25, 0.3) is 0 Å². The van der Waals surface area contributed by atoms with Gasteiger partial charge in [0.25, 0.3) is 0 Å². The van der Waals surface area contributed by atoms with Crippen molar-refractivity contribution < 1.29 is 9.53 Å². The molecule has 2 aromatic carbocycles. The zero-order valence-electron chi connectivity index (χ0n) is 17.2. The molecule has 3 heterocycles. The summed E-state index contributed by atoms with van der Waals surface area (Å²) in [6.07, 6.45) is 0.813. The minimum Gasteiger partial charge on any atom is -0.467 e. The van der Waals surface area contributed by atoms with Gasteiger partial charge in [-0.2, -0.15) is 0 Å². The predicted octanol–water partition coefficient (Wildman–Crippen LogP) is 4.34. The number of ether oxygens (including phenoxy) is 1. The van der Waals surface area contributed by atoms with Gasteiger partial charge in [-0.1, -0.05) is 36.4 Å². The van der Waals surface area contributed by atoms with Crippen molar-refractivity contribution in [3.05, 3.63) is 59.7 Å². The third-order valence-corrected chi connectivity index (χ3v) is 6.72. The predicted molar refractivity (Wildman–Crippen MR) is 111 cm³/mol. The van der Waals surface area contributed by atoms with E-state index in [-0.39, 0.29) is 28.8 Å². The third kappa shape index (κ3) is 2.09. The van der Waals surface area contributed by atoms with Gasteiger partial charge >= 0.3 is 0 Å². The maximum atomic E-state index is 13.6. The van der Waals surface area contributed by atoms with E-state index < -0.39 is 5.72 Å². The van der Waals surface area contributed by atoms with Crippen LogP contribution in [-0.2, 0) is 10.2 Å². The monoisotopic (exact) mass is 376 g/mol. The molecule has 4 nitrogen and oxygen atoms in total. The van der Waals surface area contributed by atoms with E-state index in [9.17, 15) is 4.79 Å². The van der Waals surface area contributed by atoms with E-state index in [1.165, 1.54) is 5.56 Å². The highest BCUT2D eigenvalue weighted by Crippen LogP contribution is 2.64. The zero-order valence-corrected chi connectivity index (χ0v) is 17.2. The summed E-state index contributed by atoms with van der Waals surface area (Å²) in [5.74, 6) is 1.10. The second-order valence-electron chi connectivity index (χ2n) is 9.93. The molecule has 5 rings (SSSR count). The third-order valence-electron chi connectivity index (χ3n) is 6.72. The first-order chi connectivity index (χ1) is 13.2. The number of benzene rings is 2. The molecule has 0 unspecified atom stereocenters. The Morgan fingerprint density at radius 3 is 2.54 bits per heavy atom. The Labute approximate surface area is 166 Å². The van der Waals surface area contributed by atoms with Gasteiger partial charge in [0.1, 0.15) is 11.8 Å². The molecule has 1 saturated heterocycles. The Hall–Kier alpha value is -2.49. The van der Waals surface area contributed by atoms with Crippen molar-refractivity contribution in [2.45, 2.75) is 69.7 Å². The number of rotatable bonds is 1. The fourth-order valence-corrected chi connectivity index (χ4v) is 5.54. The summed E-state index contributed by atoms with van der Waals surface area (Å²) >= 11 is 0. The van der Waals surface area contributed by atoms with Crippen LogP contribution in [0.4, 0.5) is 5.69 Å². The topological polar surface area (TPSA) is 41.6 Å². The second-order valence-corrected chi connectivity index (χ2v) is 9.93. The van der Waals surface area contributed by atoms with Crippen molar-refractivity contribution in [1.29, 1.82) is 0 Å². The average molecular weight is 377 g/mol. The first kappa shape index (κ1) is 17.6. The van der Waals surface area contributed by atoms with Gasteiger partial charge in [0, 0.05) is 29.1 Å². The molecule has 28 heavy (non-hydrogen) atoms. The van der Waals surface area contributed by atoms with E-state index in [0.717, 1.165) is 23.4 Å². The van der Waals surface area contributed by atoms with Gasteiger partial charge in [-0.15, -0.1) is 0 Å². The van der Waals surface area contributed by atoms with Gasteiger partial charge < -0.3 is 15.0 Å². The molecule has 1 spiro atoms. The fraction of sp³-hybridized carbons (Fsp3) is 0.458. The molecule has 1 N–H and O–H groups in total. The zero-order chi connectivity index (χ0) is 19.9. The standard InChI is InChI=1S/C24H28N2O2/c1-22(2,3)25-21(27)20-16-14-24(28-19-13-9-6-10-15(16)19)23(4,5)17-11-7-8-12-18(17)26(20)24/h6-13,16,20H,14H2,1-5H3,(H,25,27)/t16-,20-,24+/m0/s1. The summed E-state index contributed by atoms with van der Waals surface area (Å²) < 4.78 is 6.79. The van der Waals surface area contributed by atoms with Gasteiger partial charge in [0.15, 0.2) is 5.72 Å². The molecule has 0 saturated carbocycles. The lowest BCUT2D eigenvalue weighted by molar-refractivity contribution is -0.124. The summed E-state index contributed by atoms with van der Waals surface area (Å²) in [5, 5.41) is 3.24. The van der Waals surface area contributed by atoms with Crippen molar-refractivity contribution in [2.75, 3.05) is 4.90 Å². The van der Waals surface area contributed by atoms with Crippen LogP contribution in [0.1, 0.15) is 58.1 Å². The van der Waals surface area contributed by atoms with Crippen molar-refractivity contribution in [3.8, 4) is 5.75 Å². The highest BCUT2D eigenvalue weighted by atomic mass is 16.5. The molecular weight excluding hydrogens is 348 g/mol. The van der Waals surface area contributed by atoms with E-state index in [4.69, 9.17) is 4.74 Å². The maximum Gasteiger partial charge on any atom is 0.243 e. The van der Waals surface area contributed by atoms with Crippen molar-refractivity contribution in [1.82, 2.24) is 5.32 Å². The Kier molecular flexibility index (Phi) is 3.34. The van der Waals surface area contributed by atoms with E-state index in [0.29, 0.717) is 0 Å². The molecule has 0 radical (unpaired) electrons. The number of hydrogen-bond donors (Lipinski definition) is 1. The molecule has 4 heteroatoms. The fourth-order valence-electron chi connectivity index (χ4n) is 5.54. The molecule has 3 aliphatic rings. The second kappa shape index (κ2) is 5.31. The Morgan fingerprint density at radius 1 is 1.11 bits per heavy atom. The van der Waals surface area contributed by atoms with Gasteiger partial charge in [-0.05, 0) is 52.3 Å². The average Bonchev–Trinajstić information content (AvgIpc) is 3.00. The summed E-state index contributed by atoms with van der Waals surface area (Å²) in [6, 6.07) is 16.4. The molecule has 2 bridgehead atoms. The molecule has 1 amide bonds. The van der Waals surface area contributed by atoms with Gasteiger partial charge in [-0.25, -0.2) is 0 Å². The Bertz CT molecular complexity index is 975. The highest BCUT2D eigenvalue weighted by Gasteiger charge is 2.70.